The van der Waals surface area contributed by atoms with Gasteiger partial charge in [-0.1, -0.05) is 42.5 Å². The first-order valence-electron chi connectivity index (χ1n) is 7.25. The molecule has 0 unspecified atom stereocenters. The Kier molecular flexibility index (Phi) is 3.16. The van der Waals surface area contributed by atoms with Gasteiger partial charge < -0.3 is 10.1 Å². The molecule has 0 aliphatic rings. The third-order valence-electron chi connectivity index (χ3n) is 3.65. The number of benzene rings is 2. The summed E-state index contributed by atoms with van der Waals surface area (Å²) in [7, 11) is 0. The number of rotatable bonds is 3. The molecule has 5 nitrogen and oxygen atoms in total. The van der Waals surface area contributed by atoms with E-state index in [1.165, 1.54) is 0 Å². The van der Waals surface area contributed by atoms with Crippen molar-refractivity contribution in [2.75, 3.05) is 0 Å². The van der Waals surface area contributed by atoms with Gasteiger partial charge in [-0.2, -0.15) is 0 Å². The number of aromatic amines is 1. The smallest absolute Gasteiger partial charge is 0.159 e. The zero-order valence-corrected chi connectivity index (χ0v) is 12.2. The summed E-state index contributed by atoms with van der Waals surface area (Å²) in [4.78, 5) is 11.9. The highest BCUT2D eigenvalue weighted by Crippen LogP contribution is 2.25. The number of H-pyrrole nitrogens is 1. The Morgan fingerprint density at radius 2 is 1.78 bits per heavy atom. The molecule has 2 aromatic carbocycles. The lowest BCUT2D eigenvalue weighted by Gasteiger charge is -2.09. The lowest BCUT2D eigenvalue weighted by atomic mass is 10.1. The Morgan fingerprint density at radius 3 is 2.52 bits per heavy atom. The normalized spacial score (nSPS) is 12.3. The van der Waals surface area contributed by atoms with Crippen molar-refractivity contribution >= 4 is 22.5 Å². The molecule has 2 aromatic heterocycles. The molecular formula is C18H14N4O. The zero-order chi connectivity index (χ0) is 15.6. The molecule has 23 heavy (non-hydrogen) atoms. The minimum absolute atomic E-state index is 0.141. The van der Waals surface area contributed by atoms with Crippen LogP contribution in [-0.4, -0.2) is 24.6 Å². The molecule has 0 bridgehead atoms. The summed E-state index contributed by atoms with van der Waals surface area (Å²) in [6, 6.07) is 17.2. The van der Waals surface area contributed by atoms with Gasteiger partial charge in [0, 0.05) is 18.0 Å². The van der Waals surface area contributed by atoms with Gasteiger partial charge in [0.1, 0.15) is 5.70 Å². The third kappa shape index (κ3) is 2.38. The van der Waals surface area contributed by atoms with Crippen LogP contribution in [0.1, 0.15) is 11.4 Å². The van der Waals surface area contributed by atoms with Crippen LogP contribution in [0.4, 0.5) is 0 Å². The van der Waals surface area contributed by atoms with Crippen LogP contribution in [0, 0.1) is 0 Å². The van der Waals surface area contributed by atoms with Crippen LogP contribution < -0.4 is 0 Å². The van der Waals surface area contributed by atoms with Crippen molar-refractivity contribution in [2.45, 2.75) is 0 Å². The number of para-hydroxylation sites is 2. The molecule has 0 fully saturated rings. The molecule has 112 valence electrons. The second-order valence-corrected chi connectivity index (χ2v) is 5.14. The molecule has 0 amide bonds. The minimum atomic E-state index is 0.141. The van der Waals surface area contributed by atoms with Gasteiger partial charge in [-0.15, -0.1) is 0 Å². The SMILES string of the molecule is O/C(=C(\c1nc2ccccc2[nH]1)n1ccnc1)c1ccccc1. The van der Waals surface area contributed by atoms with Crippen LogP contribution in [-0.2, 0) is 0 Å². The molecule has 0 radical (unpaired) electrons. The van der Waals surface area contributed by atoms with Crippen LogP contribution in [0.2, 0.25) is 0 Å². The maximum Gasteiger partial charge on any atom is 0.159 e. The number of aliphatic hydroxyl groups excluding tert-OH is 1. The second kappa shape index (κ2) is 5.46. The monoisotopic (exact) mass is 302 g/mol. The van der Waals surface area contributed by atoms with E-state index < -0.39 is 0 Å². The summed E-state index contributed by atoms with van der Waals surface area (Å²) in [6.45, 7) is 0. The van der Waals surface area contributed by atoms with E-state index in [0.29, 0.717) is 11.5 Å². The Labute approximate surface area is 132 Å². The van der Waals surface area contributed by atoms with E-state index in [0.717, 1.165) is 16.6 Å². The fourth-order valence-corrected chi connectivity index (χ4v) is 2.55. The van der Waals surface area contributed by atoms with Crippen LogP contribution in [0.25, 0.3) is 22.5 Å². The van der Waals surface area contributed by atoms with Crippen molar-refractivity contribution in [2.24, 2.45) is 0 Å². The standard InChI is InChI=1S/C18H14N4O/c23-17(13-6-2-1-3-7-13)16(22-11-10-19-12-22)18-20-14-8-4-5-9-15(14)21-18/h1-12,23H,(H,20,21)/b17-16+. The van der Waals surface area contributed by atoms with E-state index in [4.69, 9.17) is 0 Å². The molecule has 4 rings (SSSR count). The average Bonchev–Trinajstić information content (AvgIpc) is 3.25. The largest absolute Gasteiger partial charge is 0.505 e. The van der Waals surface area contributed by atoms with Crippen molar-refractivity contribution in [3.05, 3.63) is 84.7 Å². The number of aromatic nitrogens is 4. The summed E-state index contributed by atoms with van der Waals surface area (Å²) in [6.07, 6.45) is 5.09. The van der Waals surface area contributed by atoms with Crippen LogP contribution in [0.5, 0.6) is 0 Å². The molecule has 2 heterocycles. The van der Waals surface area contributed by atoms with Crippen LogP contribution in [0.15, 0.2) is 73.3 Å². The fourth-order valence-electron chi connectivity index (χ4n) is 2.55. The summed E-state index contributed by atoms with van der Waals surface area (Å²) >= 11 is 0. The number of nitrogens with one attached hydrogen (secondary N) is 1. The predicted octanol–water partition coefficient (Wildman–Crippen LogP) is 3.69. The molecule has 0 atom stereocenters. The molecule has 5 heteroatoms. The number of nitrogens with zero attached hydrogens (tertiary/aromatic N) is 3. The van der Waals surface area contributed by atoms with Gasteiger partial charge in [-0.25, -0.2) is 9.97 Å². The van der Waals surface area contributed by atoms with E-state index in [9.17, 15) is 5.11 Å². The number of imidazole rings is 2. The van der Waals surface area contributed by atoms with Crippen LogP contribution in [0.3, 0.4) is 0 Å². The van der Waals surface area contributed by atoms with E-state index >= 15 is 0 Å². The van der Waals surface area contributed by atoms with Gasteiger partial charge in [0.15, 0.2) is 11.6 Å². The molecule has 0 aliphatic heterocycles. The first-order valence-corrected chi connectivity index (χ1v) is 7.25. The highest BCUT2D eigenvalue weighted by atomic mass is 16.3. The summed E-state index contributed by atoms with van der Waals surface area (Å²) in [5.41, 5.74) is 3.04. The molecule has 0 aliphatic carbocycles. The summed E-state index contributed by atoms with van der Waals surface area (Å²) in [5, 5.41) is 10.8. The minimum Gasteiger partial charge on any atom is -0.505 e. The van der Waals surface area contributed by atoms with Gasteiger partial charge in [0.25, 0.3) is 0 Å². The second-order valence-electron chi connectivity index (χ2n) is 5.14. The quantitative estimate of drug-likeness (QED) is 0.567. The molecule has 0 saturated heterocycles. The van der Waals surface area contributed by atoms with Gasteiger partial charge in [-0.3, -0.25) is 4.57 Å². The first kappa shape index (κ1) is 13.3. The Balaban J connectivity index is 1.96. The molecule has 0 saturated carbocycles. The lowest BCUT2D eigenvalue weighted by Crippen LogP contribution is -2.02. The Hall–Kier alpha value is -3.34. The lowest BCUT2D eigenvalue weighted by molar-refractivity contribution is 0.511. The average molecular weight is 302 g/mol. The van der Waals surface area contributed by atoms with E-state index in [1.54, 1.807) is 23.3 Å². The highest BCUT2D eigenvalue weighted by molar-refractivity contribution is 5.87. The number of hydrogen-bond acceptors (Lipinski definition) is 3. The Bertz CT molecular complexity index is 936. The van der Waals surface area contributed by atoms with Gasteiger partial charge in [0.2, 0.25) is 0 Å². The third-order valence-corrected chi connectivity index (χ3v) is 3.65. The Morgan fingerprint density at radius 1 is 1.00 bits per heavy atom. The highest BCUT2D eigenvalue weighted by Gasteiger charge is 2.16. The molecular weight excluding hydrogens is 288 g/mol. The van der Waals surface area contributed by atoms with Crippen molar-refractivity contribution in [3.8, 4) is 0 Å². The van der Waals surface area contributed by atoms with Crippen molar-refractivity contribution in [3.63, 3.8) is 0 Å². The number of fused-ring (bicyclic) bond motifs is 1. The molecule has 2 N–H and O–H groups in total. The van der Waals surface area contributed by atoms with E-state index in [2.05, 4.69) is 15.0 Å². The summed E-state index contributed by atoms with van der Waals surface area (Å²) in [5.74, 6) is 0.730. The van der Waals surface area contributed by atoms with Gasteiger partial charge >= 0.3 is 0 Å². The maximum atomic E-state index is 10.8. The zero-order valence-electron chi connectivity index (χ0n) is 12.2. The number of aliphatic hydroxyl groups is 1. The van der Waals surface area contributed by atoms with Crippen molar-refractivity contribution in [1.82, 2.24) is 19.5 Å². The van der Waals surface area contributed by atoms with Crippen molar-refractivity contribution in [1.29, 1.82) is 0 Å². The maximum absolute atomic E-state index is 10.8. The van der Waals surface area contributed by atoms with Crippen LogP contribution >= 0.6 is 0 Å². The topological polar surface area (TPSA) is 66.7 Å². The van der Waals surface area contributed by atoms with Gasteiger partial charge in [0.05, 0.1) is 17.4 Å². The predicted molar refractivity (Wildman–Crippen MR) is 89.6 cm³/mol. The number of hydrogen-bond donors (Lipinski definition) is 2. The van der Waals surface area contributed by atoms with Gasteiger partial charge in [-0.05, 0) is 12.1 Å². The fraction of sp³-hybridized carbons (Fsp3) is 0. The van der Waals surface area contributed by atoms with Crippen molar-refractivity contribution < 1.29 is 5.11 Å². The first-order chi connectivity index (χ1) is 11.3. The van der Waals surface area contributed by atoms with E-state index in [-0.39, 0.29) is 5.76 Å². The molecule has 4 aromatic rings. The molecule has 0 spiro atoms. The van der Waals surface area contributed by atoms with E-state index in [1.807, 2.05) is 54.6 Å². The summed E-state index contributed by atoms with van der Waals surface area (Å²) < 4.78 is 1.75.